The van der Waals surface area contributed by atoms with E-state index in [-0.39, 0.29) is 5.82 Å². The third-order valence-corrected chi connectivity index (χ3v) is 2.15. The summed E-state index contributed by atoms with van der Waals surface area (Å²) < 4.78 is 13.5. The van der Waals surface area contributed by atoms with Gasteiger partial charge in [0.2, 0.25) is 0 Å². The first kappa shape index (κ1) is 11.4. The minimum atomic E-state index is -1.05. The predicted octanol–water partition coefficient (Wildman–Crippen LogP) is 3.01. The number of carbonyl (C=O) groups is 1. The maximum atomic E-state index is 13.5. The molecule has 2 nitrogen and oxygen atoms in total. The minimum Gasteiger partial charge on any atom is -0.478 e. The van der Waals surface area contributed by atoms with Crippen molar-refractivity contribution in [1.29, 1.82) is 0 Å². The van der Waals surface area contributed by atoms with Gasteiger partial charge in [-0.3, -0.25) is 0 Å². The zero-order valence-corrected chi connectivity index (χ0v) is 8.75. The van der Waals surface area contributed by atoms with Gasteiger partial charge < -0.3 is 5.11 Å². The number of hydrogen-bond acceptors (Lipinski definition) is 1. The van der Waals surface area contributed by atoms with Gasteiger partial charge in [-0.2, -0.15) is 0 Å². The number of hydrogen-bond donors (Lipinski definition) is 1. The Morgan fingerprint density at radius 3 is 2.67 bits per heavy atom. The fourth-order valence-corrected chi connectivity index (χ4v) is 1.40. The van der Waals surface area contributed by atoms with Gasteiger partial charge in [0.25, 0.3) is 0 Å². The van der Waals surface area contributed by atoms with Crippen LogP contribution in [0.2, 0.25) is 0 Å². The van der Waals surface area contributed by atoms with Crippen LogP contribution >= 0.6 is 0 Å². The van der Waals surface area contributed by atoms with E-state index in [9.17, 15) is 9.18 Å². The van der Waals surface area contributed by atoms with Crippen LogP contribution in [0, 0.1) is 12.7 Å². The van der Waals surface area contributed by atoms with E-state index in [1.165, 1.54) is 6.07 Å². The molecule has 80 valence electrons. The molecule has 0 radical (unpaired) electrons. The van der Waals surface area contributed by atoms with Crippen LogP contribution in [0.1, 0.15) is 24.5 Å². The summed E-state index contributed by atoms with van der Waals surface area (Å²) in [5.41, 5.74) is 1.69. The third kappa shape index (κ3) is 2.91. The van der Waals surface area contributed by atoms with Gasteiger partial charge >= 0.3 is 5.97 Å². The highest BCUT2D eigenvalue weighted by atomic mass is 19.1. The van der Waals surface area contributed by atoms with E-state index < -0.39 is 5.97 Å². The second kappa shape index (κ2) is 4.73. The van der Waals surface area contributed by atoms with Gasteiger partial charge in [-0.25, -0.2) is 9.18 Å². The fraction of sp³-hybridized carbons (Fsp3) is 0.250. The lowest BCUT2D eigenvalue weighted by Gasteiger charge is -2.06. The summed E-state index contributed by atoms with van der Waals surface area (Å²) in [6.45, 7) is 3.59. The summed E-state index contributed by atoms with van der Waals surface area (Å²) in [4.78, 5) is 10.5. The van der Waals surface area contributed by atoms with Crippen molar-refractivity contribution in [1.82, 2.24) is 0 Å². The zero-order chi connectivity index (χ0) is 11.4. The molecule has 0 heterocycles. The summed E-state index contributed by atoms with van der Waals surface area (Å²) in [7, 11) is 0. The number of carboxylic acids is 1. The van der Waals surface area contributed by atoms with Crippen LogP contribution in [0.25, 0.3) is 5.57 Å². The van der Waals surface area contributed by atoms with Gasteiger partial charge in [0.1, 0.15) is 5.82 Å². The van der Waals surface area contributed by atoms with E-state index in [2.05, 4.69) is 0 Å². The minimum absolute atomic E-state index is 0.366. The molecule has 1 N–H and O–H groups in total. The molecule has 0 bridgehead atoms. The SMILES string of the molecule is CC/C(=C\C(=O)O)c1ccc(C)cc1F. The molecule has 15 heavy (non-hydrogen) atoms. The van der Waals surface area contributed by atoms with E-state index in [0.717, 1.165) is 11.6 Å². The first-order valence-electron chi connectivity index (χ1n) is 4.74. The van der Waals surface area contributed by atoms with Crippen LogP contribution in [0.5, 0.6) is 0 Å². The lowest BCUT2D eigenvalue weighted by molar-refractivity contribution is -0.131. The smallest absolute Gasteiger partial charge is 0.328 e. The molecule has 0 aliphatic rings. The molecule has 0 spiro atoms. The fourth-order valence-electron chi connectivity index (χ4n) is 1.40. The molecule has 0 aliphatic heterocycles. The third-order valence-electron chi connectivity index (χ3n) is 2.15. The molecule has 1 rings (SSSR count). The monoisotopic (exact) mass is 208 g/mol. The number of carboxylic acid groups (broad SMARTS) is 1. The van der Waals surface area contributed by atoms with Crippen molar-refractivity contribution in [3.63, 3.8) is 0 Å². The number of halogens is 1. The second-order valence-corrected chi connectivity index (χ2v) is 3.34. The molecule has 0 aromatic heterocycles. The van der Waals surface area contributed by atoms with Gasteiger partial charge in [0.05, 0.1) is 0 Å². The van der Waals surface area contributed by atoms with Crippen LogP contribution in [0.4, 0.5) is 4.39 Å². The van der Waals surface area contributed by atoms with Crippen molar-refractivity contribution in [3.8, 4) is 0 Å². The molecule has 0 saturated carbocycles. The highest BCUT2D eigenvalue weighted by molar-refractivity contribution is 5.90. The Morgan fingerprint density at radius 1 is 1.53 bits per heavy atom. The molecule has 1 aromatic rings. The zero-order valence-electron chi connectivity index (χ0n) is 8.75. The van der Waals surface area contributed by atoms with Crippen LogP contribution in [0.3, 0.4) is 0 Å². The molecule has 0 unspecified atom stereocenters. The average Bonchev–Trinajstić information content (AvgIpc) is 2.14. The van der Waals surface area contributed by atoms with E-state index in [1.54, 1.807) is 26.0 Å². The van der Waals surface area contributed by atoms with E-state index in [4.69, 9.17) is 5.11 Å². The van der Waals surface area contributed by atoms with Crippen molar-refractivity contribution in [3.05, 3.63) is 41.2 Å². The quantitative estimate of drug-likeness (QED) is 0.775. The van der Waals surface area contributed by atoms with Crippen molar-refractivity contribution < 1.29 is 14.3 Å². The Hall–Kier alpha value is -1.64. The highest BCUT2D eigenvalue weighted by Crippen LogP contribution is 2.21. The molecular formula is C12H13FO2. The topological polar surface area (TPSA) is 37.3 Å². The van der Waals surface area contributed by atoms with Crippen molar-refractivity contribution in [2.24, 2.45) is 0 Å². The van der Waals surface area contributed by atoms with E-state index in [1.807, 2.05) is 0 Å². The van der Waals surface area contributed by atoms with Crippen LogP contribution in [-0.2, 0) is 4.79 Å². The second-order valence-electron chi connectivity index (χ2n) is 3.34. The number of rotatable bonds is 3. The normalized spacial score (nSPS) is 11.5. The van der Waals surface area contributed by atoms with Crippen molar-refractivity contribution in [2.75, 3.05) is 0 Å². The first-order valence-corrected chi connectivity index (χ1v) is 4.74. The van der Waals surface area contributed by atoms with Crippen LogP contribution < -0.4 is 0 Å². The lowest BCUT2D eigenvalue weighted by Crippen LogP contribution is -1.95. The standard InChI is InChI=1S/C12H13FO2/c1-3-9(7-12(14)15)10-5-4-8(2)6-11(10)13/h4-7H,3H2,1-2H3,(H,14,15)/b9-7+. The Balaban J connectivity index is 3.19. The van der Waals surface area contributed by atoms with Gasteiger partial charge in [0, 0.05) is 11.6 Å². The highest BCUT2D eigenvalue weighted by Gasteiger charge is 2.07. The Bertz CT molecular complexity index is 408. The summed E-state index contributed by atoms with van der Waals surface area (Å²) in [5.74, 6) is -1.42. The number of allylic oxidation sites excluding steroid dienone is 1. The largest absolute Gasteiger partial charge is 0.478 e. The first-order chi connectivity index (χ1) is 7.04. The van der Waals surface area contributed by atoms with Gasteiger partial charge in [0.15, 0.2) is 0 Å². The molecular weight excluding hydrogens is 195 g/mol. The molecule has 3 heteroatoms. The van der Waals surface area contributed by atoms with Gasteiger partial charge in [-0.15, -0.1) is 0 Å². The van der Waals surface area contributed by atoms with Gasteiger partial charge in [-0.1, -0.05) is 19.1 Å². The maximum Gasteiger partial charge on any atom is 0.328 e. The van der Waals surface area contributed by atoms with Crippen LogP contribution in [-0.4, -0.2) is 11.1 Å². The summed E-state index contributed by atoms with van der Waals surface area (Å²) in [6, 6.07) is 4.79. The molecule has 0 aliphatic carbocycles. The molecule has 1 aromatic carbocycles. The van der Waals surface area contributed by atoms with Crippen LogP contribution in [0.15, 0.2) is 24.3 Å². The summed E-state index contributed by atoms with van der Waals surface area (Å²) in [5, 5.41) is 8.62. The lowest BCUT2D eigenvalue weighted by atomic mass is 10.0. The summed E-state index contributed by atoms with van der Waals surface area (Å²) >= 11 is 0. The Morgan fingerprint density at radius 2 is 2.20 bits per heavy atom. The average molecular weight is 208 g/mol. The molecule has 0 fully saturated rings. The van der Waals surface area contributed by atoms with E-state index in [0.29, 0.717) is 17.6 Å². The molecule has 0 amide bonds. The Kier molecular flexibility index (Phi) is 3.61. The Labute approximate surface area is 88.1 Å². The van der Waals surface area contributed by atoms with Gasteiger partial charge in [-0.05, 0) is 30.5 Å². The maximum absolute atomic E-state index is 13.5. The van der Waals surface area contributed by atoms with Crippen molar-refractivity contribution >= 4 is 11.5 Å². The van der Waals surface area contributed by atoms with Crippen molar-refractivity contribution in [2.45, 2.75) is 20.3 Å². The number of aryl methyl sites for hydroxylation is 1. The number of aliphatic carboxylic acids is 1. The van der Waals surface area contributed by atoms with E-state index >= 15 is 0 Å². The predicted molar refractivity (Wildman–Crippen MR) is 57.0 cm³/mol. The molecule has 0 saturated heterocycles. The number of benzene rings is 1. The summed E-state index contributed by atoms with van der Waals surface area (Å²) in [6.07, 6.45) is 1.54. The molecule has 0 atom stereocenters.